The Bertz CT molecular complexity index is 1070. The number of hydrogen-bond donors (Lipinski definition) is 0. The van der Waals surface area contributed by atoms with E-state index in [0.717, 1.165) is 30.0 Å². The molecule has 1 atom stereocenters. The highest BCUT2D eigenvalue weighted by atomic mass is 19.4. The molecule has 3 rings (SSSR count). The van der Waals surface area contributed by atoms with Gasteiger partial charge in [-0.15, -0.1) is 0 Å². The first-order valence-electron chi connectivity index (χ1n) is 13.5. The molecule has 0 bridgehead atoms. The summed E-state index contributed by atoms with van der Waals surface area (Å²) < 4.78 is 44.7. The zero-order valence-corrected chi connectivity index (χ0v) is 23.7. The number of amides is 1. The Labute approximate surface area is 225 Å². The van der Waals surface area contributed by atoms with Crippen molar-refractivity contribution in [3.63, 3.8) is 0 Å². The molecule has 1 amide bonds. The number of rotatable bonds is 9. The fourth-order valence-electron chi connectivity index (χ4n) is 5.29. The summed E-state index contributed by atoms with van der Waals surface area (Å²) in [5.41, 5.74) is 3.13. The van der Waals surface area contributed by atoms with Crippen molar-refractivity contribution in [1.82, 2.24) is 14.7 Å². The molecule has 0 saturated carbocycles. The number of benzene rings is 2. The van der Waals surface area contributed by atoms with E-state index in [1.807, 2.05) is 0 Å². The van der Waals surface area contributed by atoms with Gasteiger partial charge >= 0.3 is 6.18 Å². The number of nitrogens with zero attached hydrogens (tertiary/aromatic N) is 3. The van der Waals surface area contributed by atoms with Crippen molar-refractivity contribution >= 4 is 5.91 Å². The number of alkyl halides is 3. The third kappa shape index (κ3) is 7.08. The van der Waals surface area contributed by atoms with E-state index in [1.54, 1.807) is 4.90 Å². The van der Waals surface area contributed by atoms with Gasteiger partial charge in [-0.25, -0.2) is 0 Å². The van der Waals surface area contributed by atoms with Crippen LogP contribution in [0, 0.1) is 13.8 Å². The van der Waals surface area contributed by atoms with Crippen LogP contribution in [0.25, 0.3) is 0 Å². The summed E-state index contributed by atoms with van der Waals surface area (Å²) >= 11 is 0. The summed E-state index contributed by atoms with van der Waals surface area (Å²) in [4.78, 5) is 19.3. The molecule has 0 radical (unpaired) electrons. The molecule has 1 heterocycles. The predicted octanol–water partition coefficient (Wildman–Crippen LogP) is 6.34. The van der Waals surface area contributed by atoms with Crippen molar-refractivity contribution in [1.29, 1.82) is 0 Å². The van der Waals surface area contributed by atoms with Crippen LogP contribution in [0.1, 0.15) is 73.3 Å². The van der Waals surface area contributed by atoms with Crippen molar-refractivity contribution < 1.29 is 22.7 Å². The average molecular weight is 534 g/mol. The molecule has 1 aliphatic rings. The second kappa shape index (κ2) is 12.5. The van der Waals surface area contributed by atoms with E-state index in [4.69, 9.17) is 4.74 Å². The van der Waals surface area contributed by atoms with Gasteiger partial charge in [0, 0.05) is 56.4 Å². The van der Waals surface area contributed by atoms with E-state index in [1.165, 1.54) is 23.3 Å². The van der Waals surface area contributed by atoms with E-state index >= 15 is 0 Å². The van der Waals surface area contributed by atoms with Crippen molar-refractivity contribution in [3.05, 3.63) is 64.2 Å². The SMILES string of the molecule is Cc1c(OCCN(C(C)C)C(C)C)ccc(C(C)N2CCN(C(=O)c3ccc(C(F)(F)F)cc3)CC2)c1C. The van der Waals surface area contributed by atoms with Crippen LogP contribution in [0.15, 0.2) is 36.4 Å². The number of ether oxygens (including phenoxy) is 1. The molecule has 2 aromatic rings. The van der Waals surface area contributed by atoms with Crippen LogP contribution in [0.4, 0.5) is 13.2 Å². The molecule has 0 aliphatic carbocycles. The maximum atomic E-state index is 12.9. The van der Waals surface area contributed by atoms with Gasteiger partial charge in [0.15, 0.2) is 0 Å². The number of halogens is 3. The molecule has 210 valence electrons. The number of hydrogen-bond acceptors (Lipinski definition) is 4. The predicted molar refractivity (Wildman–Crippen MR) is 146 cm³/mol. The van der Waals surface area contributed by atoms with E-state index in [9.17, 15) is 18.0 Å². The van der Waals surface area contributed by atoms with Gasteiger partial charge < -0.3 is 9.64 Å². The van der Waals surface area contributed by atoms with Crippen LogP contribution in [0.3, 0.4) is 0 Å². The Morgan fingerprint density at radius 3 is 2.00 bits per heavy atom. The Morgan fingerprint density at radius 2 is 1.47 bits per heavy atom. The molecule has 5 nitrogen and oxygen atoms in total. The Hall–Kier alpha value is -2.58. The molecule has 0 aromatic heterocycles. The summed E-state index contributed by atoms with van der Waals surface area (Å²) in [6.07, 6.45) is -4.41. The first-order chi connectivity index (χ1) is 17.8. The Balaban J connectivity index is 1.58. The quantitative estimate of drug-likeness (QED) is 0.377. The topological polar surface area (TPSA) is 36.0 Å². The molecule has 0 N–H and O–H groups in total. The molecule has 2 aromatic carbocycles. The minimum Gasteiger partial charge on any atom is -0.492 e. The third-order valence-corrected chi connectivity index (χ3v) is 7.77. The average Bonchev–Trinajstić information content (AvgIpc) is 2.87. The van der Waals surface area contributed by atoms with Crippen LogP contribution in [0.2, 0.25) is 0 Å². The fraction of sp³-hybridized carbons (Fsp3) is 0.567. The number of piperazine rings is 1. The Kier molecular flexibility index (Phi) is 9.87. The lowest BCUT2D eigenvalue weighted by Crippen LogP contribution is -2.49. The highest BCUT2D eigenvalue weighted by molar-refractivity contribution is 5.94. The monoisotopic (exact) mass is 533 g/mol. The number of carbonyl (C=O) groups is 1. The van der Waals surface area contributed by atoms with Crippen LogP contribution in [-0.2, 0) is 6.18 Å². The zero-order chi connectivity index (χ0) is 28.2. The first kappa shape index (κ1) is 30.0. The molecule has 1 saturated heterocycles. The zero-order valence-electron chi connectivity index (χ0n) is 23.7. The van der Waals surface area contributed by atoms with Gasteiger partial charge in [-0.3, -0.25) is 14.6 Å². The Morgan fingerprint density at radius 1 is 0.895 bits per heavy atom. The molecular weight excluding hydrogens is 491 g/mol. The van der Waals surface area contributed by atoms with Crippen LogP contribution < -0.4 is 4.74 Å². The lowest BCUT2D eigenvalue weighted by Gasteiger charge is -2.39. The highest BCUT2D eigenvalue weighted by Crippen LogP contribution is 2.32. The molecular formula is C30H42F3N3O2. The molecule has 1 aliphatic heterocycles. The minimum atomic E-state index is -4.41. The molecule has 8 heteroatoms. The molecule has 1 unspecified atom stereocenters. The second-order valence-electron chi connectivity index (χ2n) is 10.8. The lowest BCUT2D eigenvalue weighted by molar-refractivity contribution is -0.137. The first-order valence-corrected chi connectivity index (χ1v) is 13.5. The maximum Gasteiger partial charge on any atom is 0.416 e. The highest BCUT2D eigenvalue weighted by Gasteiger charge is 2.31. The van der Waals surface area contributed by atoms with E-state index in [2.05, 4.69) is 70.4 Å². The van der Waals surface area contributed by atoms with Gasteiger partial charge in [0.05, 0.1) is 5.56 Å². The van der Waals surface area contributed by atoms with Crippen molar-refractivity contribution in [2.45, 2.75) is 72.8 Å². The largest absolute Gasteiger partial charge is 0.492 e. The smallest absolute Gasteiger partial charge is 0.416 e. The summed E-state index contributed by atoms with van der Waals surface area (Å²) in [6, 6.07) is 9.77. The van der Waals surface area contributed by atoms with Crippen LogP contribution >= 0.6 is 0 Å². The lowest BCUT2D eigenvalue weighted by atomic mass is 9.96. The van der Waals surface area contributed by atoms with Crippen molar-refractivity contribution in [2.75, 3.05) is 39.3 Å². The fourth-order valence-corrected chi connectivity index (χ4v) is 5.29. The van der Waals surface area contributed by atoms with Gasteiger partial charge in [0.25, 0.3) is 5.91 Å². The molecule has 1 fully saturated rings. The van der Waals surface area contributed by atoms with Crippen LogP contribution in [-0.4, -0.2) is 72.0 Å². The second-order valence-corrected chi connectivity index (χ2v) is 10.8. The summed E-state index contributed by atoms with van der Waals surface area (Å²) in [5, 5.41) is 0. The van der Waals surface area contributed by atoms with Gasteiger partial charge in [0.1, 0.15) is 12.4 Å². The van der Waals surface area contributed by atoms with Gasteiger partial charge in [-0.1, -0.05) is 6.07 Å². The van der Waals surface area contributed by atoms with Gasteiger partial charge in [-0.2, -0.15) is 13.2 Å². The summed E-state index contributed by atoms with van der Waals surface area (Å²) in [5.74, 6) is 0.686. The number of carbonyl (C=O) groups excluding carboxylic acids is 1. The summed E-state index contributed by atoms with van der Waals surface area (Å²) in [6.45, 7) is 19.2. The maximum absolute atomic E-state index is 12.9. The molecule has 38 heavy (non-hydrogen) atoms. The van der Waals surface area contributed by atoms with E-state index < -0.39 is 11.7 Å². The van der Waals surface area contributed by atoms with Gasteiger partial charge in [-0.05, 0) is 95.5 Å². The van der Waals surface area contributed by atoms with Crippen molar-refractivity contribution in [3.8, 4) is 5.75 Å². The normalized spacial score (nSPS) is 16.0. The minimum absolute atomic E-state index is 0.170. The van der Waals surface area contributed by atoms with Crippen molar-refractivity contribution in [2.24, 2.45) is 0 Å². The standard InChI is InChI=1S/C30H42F3N3O2/c1-20(2)36(21(3)4)18-19-38-28-13-12-27(22(5)23(28)6)24(7)34-14-16-35(17-15-34)29(37)25-8-10-26(11-9-25)30(31,32)33/h8-13,20-21,24H,14-19H2,1-7H3. The van der Waals surface area contributed by atoms with Gasteiger partial charge in [0.2, 0.25) is 0 Å². The van der Waals surface area contributed by atoms with E-state index in [0.29, 0.717) is 44.9 Å². The summed E-state index contributed by atoms with van der Waals surface area (Å²) in [7, 11) is 0. The van der Waals surface area contributed by atoms with Crippen LogP contribution in [0.5, 0.6) is 5.75 Å². The molecule has 0 spiro atoms. The van der Waals surface area contributed by atoms with E-state index in [-0.39, 0.29) is 17.5 Å². The third-order valence-electron chi connectivity index (χ3n) is 7.77.